The topological polar surface area (TPSA) is 58.4 Å². The summed E-state index contributed by atoms with van der Waals surface area (Å²) in [7, 11) is -1.66. The van der Waals surface area contributed by atoms with Crippen LogP contribution in [0.25, 0.3) is 22.4 Å². The van der Waals surface area contributed by atoms with Gasteiger partial charge in [0.25, 0.3) is 0 Å². The number of sulfone groups is 1. The summed E-state index contributed by atoms with van der Waals surface area (Å²) in [5, 5.41) is 0. The zero-order valence-electron chi connectivity index (χ0n) is 23.9. The molecule has 8 heteroatoms. The van der Waals surface area contributed by atoms with Crippen molar-refractivity contribution in [3.05, 3.63) is 47.3 Å². The Hall–Kier alpha value is -2.29. The molecule has 1 aliphatic carbocycles. The van der Waals surface area contributed by atoms with Gasteiger partial charge in [0, 0.05) is 43.5 Å². The van der Waals surface area contributed by atoms with Gasteiger partial charge in [-0.05, 0) is 119 Å². The molecule has 3 saturated heterocycles. The number of halogens is 1. The Morgan fingerprint density at radius 2 is 1.65 bits per heavy atom. The molecule has 0 N–H and O–H groups in total. The number of nitrogens with zero attached hydrogens (tertiary/aromatic N) is 4. The minimum Gasteiger partial charge on any atom is -0.327 e. The van der Waals surface area contributed by atoms with Gasteiger partial charge in [0.15, 0.2) is 9.84 Å². The molecule has 6 nitrogen and oxygen atoms in total. The minimum atomic E-state index is -3.62. The molecule has 1 aromatic heterocycles. The second-order valence-electron chi connectivity index (χ2n) is 13.1. The van der Waals surface area contributed by atoms with Crippen LogP contribution < -0.4 is 0 Å². The number of aryl methyl sites for hydroxylation is 2. The Kier molecular flexibility index (Phi) is 6.59. The first kappa shape index (κ1) is 26.6. The van der Waals surface area contributed by atoms with Crippen LogP contribution >= 0.6 is 0 Å². The van der Waals surface area contributed by atoms with Crippen LogP contribution in [0.15, 0.2) is 35.2 Å². The van der Waals surface area contributed by atoms with Gasteiger partial charge in [-0.25, -0.2) is 17.8 Å². The van der Waals surface area contributed by atoms with E-state index in [-0.39, 0.29) is 4.90 Å². The highest BCUT2D eigenvalue weighted by molar-refractivity contribution is 7.90. The van der Waals surface area contributed by atoms with E-state index >= 15 is 0 Å². The third-order valence-electron chi connectivity index (χ3n) is 10.3. The Morgan fingerprint density at radius 1 is 0.950 bits per heavy atom. The van der Waals surface area contributed by atoms with Crippen LogP contribution in [0.3, 0.4) is 0 Å². The molecule has 1 saturated carbocycles. The summed E-state index contributed by atoms with van der Waals surface area (Å²) in [5.41, 5.74) is 5.04. The van der Waals surface area contributed by atoms with Crippen LogP contribution in [0, 0.1) is 18.7 Å². The van der Waals surface area contributed by atoms with E-state index in [9.17, 15) is 12.8 Å². The Morgan fingerprint density at radius 3 is 2.27 bits per heavy atom. The van der Waals surface area contributed by atoms with Crippen molar-refractivity contribution >= 4 is 20.9 Å². The van der Waals surface area contributed by atoms with Crippen LogP contribution in [0.4, 0.5) is 4.39 Å². The van der Waals surface area contributed by atoms with Gasteiger partial charge in [-0.2, -0.15) is 0 Å². The van der Waals surface area contributed by atoms with Crippen LogP contribution in [0.5, 0.6) is 0 Å². The fourth-order valence-corrected chi connectivity index (χ4v) is 8.69. The van der Waals surface area contributed by atoms with Crippen molar-refractivity contribution in [3.8, 4) is 11.4 Å². The summed E-state index contributed by atoms with van der Waals surface area (Å²) < 4.78 is 40.4. The molecule has 0 radical (unpaired) electrons. The molecule has 214 valence electrons. The predicted octanol–water partition coefficient (Wildman–Crippen LogP) is 5.68. The van der Waals surface area contributed by atoms with Crippen LogP contribution in [0.1, 0.15) is 68.4 Å². The number of rotatable bonds is 6. The van der Waals surface area contributed by atoms with Gasteiger partial charge in [0.05, 0.1) is 11.0 Å². The first-order chi connectivity index (χ1) is 19.2. The molecule has 2 aromatic carbocycles. The van der Waals surface area contributed by atoms with E-state index in [4.69, 9.17) is 4.98 Å². The van der Waals surface area contributed by atoms with Crippen molar-refractivity contribution in [1.29, 1.82) is 0 Å². The predicted molar refractivity (Wildman–Crippen MR) is 157 cm³/mol. The second kappa shape index (κ2) is 9.92. The molecule has 0 amide bonds. The number of hydrogen-bond acceptors (Lipinski definition) is 5. The first-order valence-corrected chi connectivity index (χ1v) is 17.0. The van der Waals surface area contributed by atoms with Gasteiger partial charge in [0.1, 0.15) is 16.5 Å². The number of benzene rings is 2. The lowest BCUT2D eigenvalue weighted by Gasteiger charge is -2.45. The Balaban J connectivity index is 1.07. The second-order valence-corrected chi connectivity index (χ2v) is 15.1. The molecule has 7 rings (SSSR count). The first-order valence-electron chi connectivity index (χ1n) is 15.1. The summed E-state index contributed by atoms with van der Waals surface area (Å²) in [6.45, 7) is 5.83. The molecule has 0 spiro atoms. The van der Waals surface area contributed by atoms with Crippen molar-refractivity contribution in [2.45, 2.75) is 87.2 Å². The maximum absolute atomic E-state index is 14.7. The van der Waals surface area contributed by atoms with E-state index in [0.717, 1.165) is 46.9 Å². The number of hydrogen-bond donors (Lipinski definition) is 0. The molecular formula is C32H41FN4O2S. The van der Waals surface area contributed by atoms with Gasteiger partial charge in [-0.3, -0.25) is 4.90 Å². The summed E-state index contributed by atoms with van der Waals surface area (Å²) in [6, 6.07) is 11.2. The molecule has 3 aliphatic heterocycles. The Bertz CT molecular complexity index is 1540. The molecule has 4 fully saturated rings. The van der Waals surface area contributed by atoms with Crippen molar-refractivity contribution in [3.63, 3.8) is 0 Å². The average Bonchev–Trinajstić information content (AvgIpc) is 3.63. The van der Waals surface area contributed by atoms with E-state index < -0.39 is 15.7 Å². The molecular weight excluding hydrogens is 523 g/mol. The van der Waals surface area contributed by atoms with E-state index in [1.165, 1.54) is 88.7 Å². The molecule has 4 heterocycles. The third kappa shape index (κ3) is 4.80. The molecule has 40 heavy (non-hydrogen) atoms. The van der Waals surface area contributed by atoms with E-state index in [2.05, 4.69) is 28.9 Å². The van der Waals surface area contributed by atoms with E-state index in [1.54, 1.807) is 6.07 Å². The normalized spacial score (nSPS) is 26.6. The lowest BCUT2D eigenvalue weighted by molar-refractivity contribution is 0.0438. The maximum Gasteiger partial charge on any atom is 0.178 e. The largest absolute Gasteiger partial charge is 0.327 e. The lowest BCUT2D eigenvalue weighted by Crippen LogP contribution is -2.52. The zero-order chi connectivity index (χ0) is 27.8. The van der Waals surface area contributed by atoms with Crippen molar-refractivity contribution in [2.75, 3.05) is 25.9 Å². The van der Waals surface area contributed by atoms with E-state index in [1.807, 2.05) is 11.6 Å². The number of fused-ring (bicyclic) bond motifs is 3. The molecule has 4 aliphatic rings. The van der Waals surface area contributed by atoms with Crippen molar-refractivity contribution in [1.82, 2.24) is 19.4 Å². The smallest absolute Gasteiger partial charge is 0.178 e. The molecule has 3 aromatic rings. The highest BCUT2D eigenvalue weighted by atomic mass is 32.2. The maximum atomic E-state index is 14.7. The molecule has 2 atom stereocenters. The third-order valence-corrected chi connectivity index (χ3v) is 11.5. The van der Waals surface area contributed by atoms with E-state index in [0.29, 0.717) is 17.3 Å². The summed E-state index contributed by atoms with van der Waals surface area (Å²) >= 11 is 0. The van der Waals surface area contributed by atoms with Gasteiger partial charge in [0.2, 0.25) is 0 Å². The monoisotopic (exact) mass is 564 g/mol. The fraction of sp³-hybridized carbons (Fsp3) is 0.594. The fourth-order valence-electron chi connectivity index (χ4n) is 7.96. The van der Waals surface area contributed by atoms with Crippen LogP contribution in [0.2, 0.25) is 0 Å². The number of imidazole rings is 1. The lowest BCUT2D eigenvalue weighted by atomic mass is 9.86. The van der Waals surface area contributed by atoms with Crippen LogP contribution in [-0.2, 0) is 16.9 Å². The summed E-state index contributed by atoms with van der Waals surface area (Å²) in [5.74, 6) is 1.44. The highest BCUT2D eigenvalue weighted by Crippen LogP contribution is 2.42. The zero-order valence-corrected chi connectivity index (χ0v) is 24.8. The number of likely N-dealkylation sites (tertiary alicyclic amines) is 1. The Labute approximate surface area is 237 Å². The summed E-state index contributed by atoms with van der Waals surface area (Å²) in [4.78, 5) is 10.3. The van der Waals surface area contributed by atoms with Gasteiger partial charge in [-0.1, -0.05) is 6.07 Å². The van der Waals surface area contributed by atoms with Gasteiger partial charge >= 0.3 is 0 Å². The number of aromatic nitrogens is 2. The van der Waals surface area contributed by atoms with Crippen molar-refractivity contribution in [2.24, 2.45) is 13.0 Å². The van der Waals surface area contributed by atoms with Crippen molar-refractivity contribution < 1.29 is 12.8 Å². The number of piperidine rings is 2. The van der Waals surface area contributed by atoms with Crippen LogP contribution in [-0.4, -0.2) is 71.8 Å². The SMILES string of the molecule is Cc1cc(C2CCN(C3CC4CCC(C3)N4CC3CC3)CC2)cc2c1nc(-c1ccc(S(C)(=O)=O)c(F)c1)n2C. The van der Waals surface area contributed by atoms with Gasteiger partial charge < -0.3 is 9.47 Å². The minimum absolute atomic E-state index is 0.281. The summed E-state index contributed by atoms with van der Waals surface area (Å²) in [6.07, 6.45) is 11.8. The quantitative estimate of drug-likeness (QED) is 0.386. The highest BCUT2D eigenvalue weighted by Gasteiger charge is 2.44. The average molecular weight is 565 g/mol. The van der Waals surface area contributed by atoms with Gasteiger partial charge in [-0.15, -0.1) is 0 Å². The molecule has 2 unspecified atom stereocenters. The molecule has 2 bridgehead atoms. The standard InChI is InChI=1S/C32H41FN4O2S/c1-20-14-24(16-29-31(20)34-32(35(29)2)23-6-9-30(28(33)15-23)40(3,38)39)22-10-12-36(13-11-22)27-17-25-7-8-26(18-27)37(25)19-21-4-5-21/h6,9,14-16,21-22,25-27H,4-5,7-8,10-13,17-19H2,1-3H3.